The monoisotopic (exact) mass is 242 g/mol. The molecule has 0 radical (unpaired) electrons. The number of hydrogen-bond donors (Lipinski definition) is 1. The Bertz CT molecular complexity index is 246. The quantitative estimate of drug-likeness (QED) is 0.821. The fraction of sp³-hybridized carbons (Fsp3) is 0.923. The number of likely N-dealkylation sites (tertiary alicyclic amines) is 1. The van der Waals surface area contributed by atoms with Crippen LogP contribution in [0.2, 0.25) is 0 Å². The van der Waals surface area contributed by atoms with Gasteiger partial charge >= 0.3 is 6.03 Å². The molecule has 0 unspecified atom stereocenters. The van der Waals surface area contributed by atoms with Gasteiger partial charge in [0.15, 0.2) is 0 Å². The summed E-state index contributed by atoms with van der Waals surface area (Å²) in [5, 5.41) is 3.04. The second-order valence-electron chi connectivity index (χ2n) is 5.30. The van der Waals surface area contributed by atoms with Crippen LogP contribution in [0.25, 0.3) is 0 Å². The molecule has 1 aliphatic rings. The van der Waals surface area contributed by atoms with E-state index in [0.29, 0.717) is 12.6 Å². The van der Waals surface area contributed by atoms with Crippen molar-refractivity contribution in [2.24, 2.45) is 5.92 Å². The van der Waals surface area contributed by atoms with Gasteiger partial charge in [0.25, 0.3) is 0 Å². The zero-order valence-electron chi connectivity index (χ0n) is 11.5. The van der Waals surface area contributed by atoms with E-state index in [1.54, 1.807) is 7.11 Å². The molecular formula is C13H26N2O2. The van der Waals surface area contributed by atoms with Crippen molar-refractivity contribution in [1.82, 2.24) is 10.2 Å². The van der Waals surface area contributed by atoms with Crippen LogP contribution < -0.4 is 5.32 Å². The average Bonchev–Trinajstić information content (AvgIpc) is 2.26. The summed E-state index contributed by atoms with van der Waals surface area (Å²) in [7, 11) is 1.68. The summed E-state index contributed by atoms with van der Waals surface area (Å²) < 4.78 is 5.01. The van der Waals surface area contributed by atoms with E-state index in [9.17, 15) is 4.79 Å². The van der Waals surface area contributed by atoms with Gasteiger partial charge in [0.2, 0.25) is 0 Å². The summed E-state index contributed by atoms with van der Waals surface area (Å²) in [6.45, 7) is 7.98. The van der Waals surface area contributed by atoms with Crippen molar-refractivity contribution < 1.29 is 9.53 Å². The number of nitrogens with zero attached hydrogens (tertiary/aromatic N) is 1. The van der Waals surface area contributed by atoms with Crippen LogP contribution in [0.3, 0.4) is 0 Å². The van der Waals surface area contributed by atoms with Gasteiger partial charge < -0.3 is 15.0 Å². The van der Waals surface area contributed by atoms with Crippen LogP contribution in [0.4, 0.5) is 4.79 Å². The fourth-order valence-electron chi connectivity index (χ4n) is 2.37. The van der Waals surface area contributed by atoms with Gasteiger partial charge in [0, 0.05) is 32.3 Å². The largest absolute Gasteiger partial charge is 0.385 e. The summed E-state index contributed by atoms with van der Waals surface area (Å²) >= 11 is 0. The summed E-state index contributed by atoms with van der Waals surface area (Å²) in [5.74, 6) is 0.736. The fourth-order valence-corrected chi connectivity index (χ4v) is 2.37. The zero-order valence-corrected chi connectivity index (χ0v) is 11.5. The number of methoxy groups -OCH3 is 1. The first-order valence-corrected chi connectivity index (χ1v) is 6.60. The molecule has 2 amide bonds. The van der Waals surface area contributed by atoms with E-state index in [4.69, 9.17) is 4.74 Å². The standard InChI is InChI=1S/C13H26N2O2/c1-10-5-7-15(12(3)9-10)13(16)14-11(2)6-8-17-4/h10-12H,5-9H2,1-4H3,(H,14,16)/t10-,11-,12+/m0/s1. The molecule has 4 heteroatoms. The third-order valence-electron chi connectivity index (χ3n) is 3.52. The highest BCUT2D eigenvalue weighted by molar-refractivity contribution is 5.74. The molecule has 0 aliphatic carbocycles. The van der Waals surface area contributed by atoms with E-state index in [2.05, 4.69) is 19.2 Å². The first-order valence-electron chi connectivity index (χ1n) is 6.60. The van der Waals surface area contributed by atoms with E-state index in [0.717, 1.165) is 31.7 Å². The summed E-state index contributed by atoms with van der Waals surface area (Å²) in [5.41, 5.74) is 0. The molecule has 1 rings (SSSR count). The maximum Gasteiger partial charge on any atom is 0.317 e. The number of amides is 2. The van der Waals surface area contributed by atoms with Crippen LogP contribution >= 0.6 is 0 Å². The van der Waals surface area contributed by atoms with Crippen LogP contribution in [0.1, 0.15) is 40.0 Å². The van der Waals surface area contributed by atoms with Crippen molar-refractivity contribution in [3.05, 3.63) is 0 Å². The first-order chi connectivity index (χ1) is 8.04. The minimum atomic E-state index is 0.0769. The van der Waals surface area contributed by atoms with Crippen molar-refractivity contribution in [1.29, 1.82) is 0 Å². The Labute approximate surface area is 105 Å². The minimum Gasteiger partial charge on any atom is -0.385 e. The number of ether oxygens (including phenoxy) is 1. The molecule has 0 aromatic rings. The Balaban J connectivity index is 2.36. The number of urea groups is 1. The zero-order chi connectivity index (χ0) is 12.8. The van der Waals surface area contributed by atoms with E-state index >= 15 is 0 Å². The lowest BCUT2D eigenvalue weighted by atomic mass is 9.94. The normalized spacial score (nSPS) is 26.7. The molecule has 3 atom stereocenters. The Morgan fingerprint density at radius 1 is 1.53 bits per heavy atom. The molecule has 0 aromatic carbocycles. The van der Waals surface area contributed by atoms with Crippen molar-refractivity contribution in [3.8, 4) is 0 Å². The first kappa shape index (κ1) is 14.3. The molecule has 4 nitrogen and oxygen atoms in total. The minimum absolute atomic E-state index is 0.0769. The lowest BCUT2D eigenvalue weighted by molar-refractivity contribution is 0.134. The summed E-state index contributed by atoms with van der Waals surface area (Å²) in [6.07, 6.45) is 3.09. The highest BCUT2D eigenvalue weighted by atomic mass is 16.5. The van der Waals surface area contributed by atoms with Crippen molar-refractivity contribution in [2.75, 3.05) is 20.3 Å². The van der Waals surface area contributed by atoms with Crippen molar-refractivity contribution in [3.63, 3.8) is 0 Å². The third kappa shape index (κ3) is 4.54. The van der Waals surface area contributed by atoms with Gasteiger partial charge in [-0.25, -0.2) is 4.79 Å². The van der Waals surface area contributed by atoms with Crippen LogP contribution in [0.15, 0.2) is 0 Å². The van der Waals surface area contributed by atoms with Crippen LogP contribution in [-0.2, 0) is 4.74 Å². The van der Waals surface area contributed by atoms with E-state index in [1.165, 1.54) is 0 Å². The maximum absolute atomic E-state index is 12.1. The van der Waals surface area contributed by atoms with Gasteiger partial charge in [0.05, 0.1) is 0 Å². The van der Waals surface area contributed by atoms with Gasteiger partial charge in [-0.15, -0.1) is 0 Å². The SMILES string of the molecule is COCC[C@H](C)NC(=O)N1CC[C@H](C)C[C@H]1C. The Morgan fingerprint density at radius 2 is 2.24 bits per heavy atom. The Kier molecular flexibility index (Phi) is 5.75. The predicted octanol–water partition coefficient (Wildman–Crippen LogP) is 2.24. The molecule has 1 fully saturated rings. The molecule has 17 heavy (non-hydrogen) atoms. The Morgan fingerprint density at radius 3 is 2.82 bits per heavy atom. The molecule has 0 spiro atoms. The van der Waals surface area contributed by atoms with E-state index in [-0.39, 0.29) is 12.1 Å². The van der Waals surface area contributed by atoms with Crippen LogP contribution in [0.5, 0.6) is 0 Å². The van der Waals surface area contributed by atoms with Gasteiger partial charge in [-0.05, 0) is 39.0 Å². The van der Waals surface area contributed by atoms with Crippen molar-refractivity contribution >= 4 is 6.03 Å². The van der Waals surface area contributed by atoms with Crippen LogP contribution in [0, 0.1) is 5.92 Å². The number of rotatable bonds is 4. The number of carbonyl (C=O) groups is 1. The molecule has 0 bridgehead atoms. The number of piperidine rings is 1. The third-order valence-corrected chi connectivity index (χ3v) is 3.52. The number of nitrogens with one attached hydrogen (secondary N) is 1. The molecule has 1 heterocycles. The molecule has 1 saturated heterocycles. The molecular weight excluding hydrogens is 216 g/mol. The lowest BCUT2D eigenvalue weighted by Gasteiger charge is -2.37. The van der Waals surface area contributed by atoms with Gasteiger partial charge in [-0.2, -0.15) is 0 Å². The van der Waals surface area contributed by atoms with E-state index < -0.39 is 0 Å². The van der Waals surface area contributed by atoms with Gasteiger partial charge in [-0.3, -0.25) is 0 Å². The highest BCUT2D eigenvalue weighted by Crippen LogP contribution is 2.21. The predicted molar refractivity (Wildman–Crippen MR) is 69.1 cm³/mol. The molecule has 1 N–H and O–H groups in total. The summed E-state index contributed by atoms with van der Waals surface area (Å²) in [4.78, 5) is 14.0. The maximum atomic E-state index is 12.1. The molecule has 100 valence electrons. The van der Waals surface area contributed by atoms with Crippen molar-refractivity contribution in [2.45, 2.75) is 52.1 Å². The van der Waals surface area contributed by atoms with Gasteiger partial charge in [0.1, 0.15) is 0 Å². The number of carbonyl (C=O) groups excluding carboxylic acids is 1. The topological polar surface area (TPSA) is 41.6 Å². The lowest BCUT2D eigenvalue weighted by Crippen LogP contribution is -2.51. The smallest absolute Gasteiger partial charge is 0.317 e. The second kappa shape index (κ2) is 6.84. The average molecular weight is 242 g/mol. The van der Waals surface area contributed by atoms with E-state index in [1.807, 2.05) is 11.8 Å². The highest BCUT2D eigenvalue weighted by Gasteiger charge is 2.27. The molecule has 0 aromatic heterocycles. The summed E-state index contributed by atoms with van der Waals surface area (Å²) in [6, 6.07) is 0.607. The molecule has 0 saturated carbocycles. The number of hydrogen-bond acceptors (Lipinski definition) is 2. The second-order valence-corrected chi connectivity index (χ2v) is 5.30. The Hall–Kier alpha value is -0.770. The van der Waals surface area contributed by atoms with Gasteiger partial charge in [-0.1, -0.05) is 6.92 Å². The van der Waals surface area contributed by atoms with Crippen LogP contribution in [-0.4, -0.2) is 43.3 Å². The molecule has 1 aliphatic heterocycles.